The van der Waals surface area contributed by atoms with Crippen LogP contribution in [-0.2, 0) is 0 Å². The number of hydrogen-bond acceptors (Lipinski definition) is 2. The van der Waals surface area contributed by atoms with Gasteiger partial charge >= 0.3 is 0 Å². The van der Waals surface area contributed by atoms with Crippen molar-refractivity contribution in [1.29, 1.82) is 0 Å². The van der Waals surface area contributed by atoms with Crippen molar-refractivity contribution in [2.45, 2.75) is 33.2 Å². The van der Waals surface area contributed by atoms with E-state index in [0.29, 0.717) is 5.39 Å². The van der Waals surface area contributed by atoms with E-state index in [1.54, 1.807) is 4.57 Å². The van der Waals surface area contributed by atoms with Crippen LogP contribution in [0.5, 0.6) is 0 Å². The maximum absolute atomic E-state index is 13.2. The van der Waals surface area contributed by atoms with Gasteiger partial charge in [0.2, 0.25) is 0 Å². The third kappa shape index (κ3) is 2.97. The highest BCUT2D eigenvalue weighted by Crippen LogP contribution is 2.18. The minimum absolute atomic E-state index is 0.00385. The summed E-state index contributed by atoms with van der Waals surface area (Å²) >= 11 is 0. The van der Waals surface area contributed by atoms with Crippen LogP contribution in [0.1, 0.15) is 37.7 Å². The van der Waals surface area contributed by atoms with Gasteiger partial charge in [-0.15, -0.1) is 0 Å². The first kappa shape index (κ1) is 16.4. The molecule has 0 radical (unpaired) electrons. The molecule has 0 saturated heterocycles. The summed E-state index contributed by atoms with van der Waals surface area (Å²) in [5.74, 6) is 0.827. The Hall–Kier alpha value is -2.46. The van der Waals surface area contributed by atoms with Gasteiger partial charge < -0.3 is 5.32 Å². The minimum Gasteiger partial charge on any atom is -0.338 e. The third-order valence-electron chi connectivity index (χ3n) is 4.35. The van der Waals surface area contributed by atoms with E-state index in [2.05, 4.69) is 19.2 Å². The van der Waals surface area contributed by atoms with Gasteiger partial charge in [0, 0.05) is 6.42 Å². The highest BCUT2D eigenvalue weighted by Gasteiger charge is 2.21. The van der Waals surface area contributed by atoms with Crippen molar-refractivity contribution in [2.75, 3.05) is 6.54 Å². The van der Waals surface area contributed by atoms with Crippen LogP contribution >= 0.6 is 0 Å². The zero-order chi connectivity index (χ0) is 17.1. The number of para-hydroxylation sites is 1. The summed E-state index contributed by atoms with van der Waals surface area (Å²) in [4.78, 5) is 18.1. The number of rotatable bonds is 5. The molecule has 0 unspecified atom stereocenters. The largest absolute Gasteiger partial charge is 0.338 e. The van der Waals surface area contributed by atoms with E-state index in [0.717, 1.165) is 35.6 Å². The molecule has 0 fully saturated rings. The number of aromatic nitrogens is 2. The zero-order valence-corrected chi connectivity index (χ0v) is 14.5. The molecule has 0 amide bonds. The molecule has 24 heavy (non-hydrogen) atoms. The van der Waals surface area contributed by atoms with Gasteiger partial charge in [-0.25, -0.2) is 4.98 Å². The number of nitrogens with zero attached hydrogens (tertiary/aromatic N) is 2. The fraction of sp³-hybridized carbons (Fsp3) is 0.300. The maximum Gasteiger partial charge on any atom is 0.266 e. The van der Waals surface area contributed by atoms with Crippen molar-refractivity contribution in [3.8, 4) is 5.69 Å². The van der Waals surface area contributed by atoms with Gasteiger partial charge in [0.1, 0.15) is 6.04 Å². The van der Waals surface area contributed by atoms with Crippen molar-refractivity contribution >= 4 is 10.9 Å². The summed E-state index contributed by atoms with van der Waals surface area (Å²) in [6.45, 7) is 7.25. The highest BCUT2D eigenvalue weighted by molar-refractivity contribution is 5.77. The van der Waals surface area contributed by atoms with Crippen LogP contribution in [-0.4, -0.2) is 16.1 Å². The lowest BCUT2D eigenvalue weighted by Crippen LogP contribution is -2.85. The van der Waals surface area contributed by atoms with Crippen molar-refractivity contribution in [1.82, 2.24) is 9.55 Å². The Balaban J connectivity index is 2.35. The van der Waals surface area contributed by atoms with Crippen LogP contribution in [0.3, 0.4) is 0 Å². The predicted octanol–water partition coefficient (Wildman–Crippen LogP) is 2.73. The van der Waals surface area contributed by atoms with E-state index >= 15 is 0 Å². The van der Waals surface area contributed by atoms with Crippen LogP contribution in [0.25, 0.3) is 16.6 Å². The van der Waals surface area contributed by atoms with Gasteiger partial charge in [-0.1, -0.05) is 31.2 Å². The minimum atomic E-state index is 0.00385. The van der Waals surface area contributed by atoms with E-state index < -0.39 is 0 Å². The van der Waals surface area contributed by atoms with Gasteiger partial charge in [0.05, 0.1) is 23.1 Å². The molecule has 2 aromatic carbocycles. The molecule has 3 rings (SSSR count). The molecule has 2 N–H and O–H groups in total. The average molecular weight is 322 g/mol. The second-order valence-electron chi connectivity index (χ2n) is 6.13. The highest BCUT2D eigenvalue weighted by atomic mass is 16.1. The molecule has 0 spiro atoms. The topological polar surface area (TPSA) is 51.5 Å². The Morgan fingerprint density at radius 3 is 2.62 bits per heavy atom. The molecule has 0 aliphatic carbocycles. The number of benzene rings is 2. The number of hydrogen-bond donors (Lipinski definition) is 1. The number of nitrogens with two attached hydrogens (primary N) is 1. The molecular weight excluding hydrogens is 298 g/mol. The van der Waals surface area contributed by atoms with E-state index in [9.17, 15) is 4.79 Å². The van der Waals surface area contributed by atoms with Crippen LogP contribution in [0.15, 0.2) is 53.3 Å². The lowest BCUT2D eigenvalue weighted by Gasteiger charge is -2.19. The van der Waals surface area contributed by atoms with Crippen LogP contribution in [0.2, 0.25) is 0 Å². The second-order valence-corrected chi connectivity index (χ2v) is 6.13. The van der Waals surface area contributed by atoms with Gasteiger partial charge in [0.15, 0.2) is 5.82 Å². The van der Waals surface area contributed by atoms with Crippen molar-refractivity contribution in [3.63, 3.8) is 0 Å². The quantitative estimate of drug-likeness (QED) is 0.785. The van der Waals surface area contributed by atoms with Crippen LogP contribution in [0.4, 0.5) is 0 Å². The first-order valence-corrected chi connectivity index (χ1v) is 8.57. The third-order valence-corrected chi connectivity index (χ3v) is 4.35. The van der Waals surface area contributed by atoms with Gasteiger partial charge in [-0.2, -0.15) is 0 Å². The van der Waals surface area contributed by atoms with Crippen molar-refractivity contribution in [3.05, 3.63) is 70.3 Å². The summed E-state index contributed by atoms with van der Waals surface area (Å²) < 4.78 is 1.79. The molecule has 4 heteroatoms. The summed E-state index contributed by atoms with van der Waals surface area (Å²) in [7, 11) is 0. The summed E-state index contributed by atoms with van der Waals surface area (Å²) in [6.07, 6.45) is 0.921. The average Bonchev–Trinajstić information content (AvgIpc) is 2.59. The molecule has 1 atom stereocenters. The lowest BCUT2D eigenvalue weighted by molar-refractivity contribution is -0.694. The Labute approximate surface area is 142 Å². The van der Waals surface area contributed by atoms with Crippen molar-refractivity contribution < 1.29 is 5.32 Å². The van der Waals surface area contributed by atoms with Gasteiger partial charge in [-0.3, -0.25) is 9.36 Å². The fourth-order valence-corrected chi connectivity index (χ4v) is 3.15. The summed E-state index contributed by atoms with van der Waals surface area (Å²) in [5, 5.41) is 2.90. The lowest BCUT2D eigenvalue weighted by atomic mass is 10.1. The fourth-order valence-electron chi connectivity index (χ4n) is 3.15. The molecule has 3 aromatic rings. The first-order chi connectivity index (χ1) is 11.7. The van der Waals surface area contributed by atoms with E-state index in [1.807, 2.05) is 55.5 Å². The molecule has 0 aliphatic rings. The zero-order valence-electron chi connectivity index (χ0n) is 14.5. The summed E-state index contributed by atoms with van der Waals surface area (Å²) in [6, 6.07) is 15.8. The summed E-state index contributed by atoms with van der Waals surface area (Å²) in [5.41, 5.74) is 2.79. The predicted molar refractivity (Wildman–Crippen MR) is 97.6 cm³/mol. The monoisotopic (exact) mass is 322 g/mol. The van der Waals surface area contributed by atoms with Crippen molar-refractivity contribution in [2.24, 2.45) is 0 Å². The molecule has 0 bridgehead atoms. The molecule has 0 aliphatic heterocycles. The molecular formula is C20H24N3O+. The second kappa shape index (κ2) is 6.97. The molecule has 0 saturated carbocycles. The Morgan fingerprint density at radius 1 is 1.12 bits per heavy atom. The molecule has 124 valence electrons. The number of aryl methyl sites for hydroxylation is 1. The van der Waals surface area contributed by atoms with Gasteiger partial charge in [-0.05, 0) is 43.7 Å². The van der Waals surface area contributed by atoms with E-state index in [1.165, 1.54) is 0 Å². The van der Waals surface area contributed by atoms with E-state index in [4.69, 9.17) is 4.98 Å². The van der Waals surface area contributed by atoms with E-state index in [-0.39, 0.29) is 11.6 Å². The standard InChI is InChI=1S/C20H23N3O/c1-4-17(21-5-2)19-22-18-12-7-6-11-16(18)20(24)23(19)15-10-8-9-14(3)13-15/h6-13,17,21H,4-5H2,1-3H3/p+1/t17-/m0/s1. The first-order valence-electron chi connectivity index (χ1n) is 8.57. The SMILES string of the molecule is CC[NH2+][C@@H](CC)c1nc2ccccc2c(=O)n1-c1cccc(C)c1. The smallest absolute Gasteiger partial charge is 0.266 e. The number of fused-ring (bicyclic) bond motifs is 1. The Kier molecular flexibility index (Phi) is 4.76. The maximum atomic E-state index is 13.2. The molecule has 1 aromatic heterocycles. The van der Waals surface area contributed by atoms with Crippen LogP contribution in [0, 0.1) is 6.92 Å². The molecule has 1 heterocycles. The number of quaternary nitrogens is 1. The Bertz CT molecular complexity index is 914. The molecule has 4 nitrogen and oxygen atoms in total. The van der Waals surface area contributed by atoms with Gasteiger partial charge in [0.25, 0.3) is 5.56 Å². The Morgan fingerprint density at radius 2 is 1.92 bits per heavy atom. The van der Waals surface area contributed by atoms with Crippen LogP contribution < -0.4 is 10.9 Å². The normalized spacial score (nSPS) is 12.5.